The number of aryl methyl sites for hydroxylation is 1. The Hall–Kier alpha value is -2.35. The minimum Gasteiger partial charge on any atom is -0.494 e. The van der Waals surface area contributed by atoms with Crippen LogP contribution in [0.4, 0.5) is 4.39 Å². The topological polar surface area (TPSA) is 9.23 Å². The van der Waals surface area contributed by atoms with Crippen LogP contribution in [0.1, 0.15) is 18.9 Å². The molecule has 0 fully saturated rings. The average Bonchev–Trinajstić information content (AvgIpc) is 2.56. The zero-order valence-electron chi connectivity index (χ0n) is 12.9. The molecule has 0 heterocycles. The first kappa shape index (κ1) is 14.6. The van der Waals surface area contributed by atoms with E-state index in [9.17, 15) is 4.39 Å². The minimum absolute atomic E-state index is 0.282. The highest BCUT2D eigenvalue weighted by Gasteiger charge is 2.08. The van der Waals surface area contributed by atoms with Crippen molar-refractivity contribution in [3.05, 3.63) is 66.0 Å². The quantitative estimate of drug-likeness (QED) is 0.608. The van der Waals surface area contributed by atoms with Gasteiger partial charge in [0.25, 0.3) is 0 Å². The molecule has 0 saturated heterocycles. The van der Waals surface area contributed by atoms with E-state index in [2.05, 4.69) is 31.2 Å². The predicted molar refractivity (Wildman–Crippen MR) is 89.9 cm³/mol. The molecule has 112 valence electrons. The Morgan fingerprint density at radius 3 is 2.32 bits per heavy atom. The van der Waals surface area contributed by atoms with Gasteiger partial charge >= 0.3 is 0 Å². The molecule has 22 heavy (non-hydrogen) atoms. The second-order valence-electron chi connectivity index (χ2n) is 5.46. The molecular formula is C20H19FO. The fourth-order valence-corrected chi connectivity index (χ4v) is 2.76. The highest BCUT2D eigenvalue weighted by molar-refractivity contribution is 5.89. The Kier molecular flexibility index (Phi) is 4.10. The summed E-state index contributed by atoms with van der Waals surface area (Å²) >= 11 is 0. The van der Waals surface area contributed by atoms with Crippen LogP contribution in [-0.2, 0) is 6.42 Å². The molecule has 0 N–H and O–H groups in total. The van der Waals surface area contributed by atoms with Crippen molar-refractivity contribution in [2.45, 2.75) is 19.8 Å². The van der Waals surface area contributed by atoms with E-state index in [0.717, 1.165) is 29.4 Å². The van der Waals surface area contributed by atoms with E-state index in [-0.39, 0.29) is 11.6 Å². The van der Waals surface area contributed by atoms with Crippen LogP contribution >= 0.6 is 0 Å². The molecule has 0 aliphatic carbocycles. The Labute approximate surface area is 130 Å². The maximum absolute atomic E-state index is 14.2. The molecule has 2 heteroatoms. The van der Waals surface area contributed by atoms with Gasteiger partial charge in [0.1, 0.15) is 0 Å². The molecule has 0 radical (unpaired) electrons. The molecule has 0 aliphatic heterocycles. The van der Waals surface area contributed by atoms with Crippen LogP contribution in [0, 0.1) is 5.82 Å². The lowest BCUT2D eigenvalue weighted by molar-refractivity contribution is 0.389. The summed E-state index contributed by atoms with van der Waals surface area (Å²) in [6.45, 7) is 2.18. The molecule has 0 unspecified atom stereocenters. The van der Waals surface area contributed by atoms with Gasteiger partial charge in [-0.2, -0.15) is 0 Å². The van der Waals surface area contributed by atoms with Crippen molar-refractivity contribution in [2.75, 3.05) is 7.11 Å². The summed E-state index contributed by atoms with van der Waals surface area (Å²) in [5.41, 5.74) is 3.60. The van der Waals surface area contributed by atoms with Gasteiger partial charge in [-0.05, 0) is 40.6 Å². The molecule has 0 saturated carbocycles. The fraction of sp³-hybridized carbons (Fsp3) is 0.200. The Morgan fingerprint density at radius 1 is 0.909 bits per heavy atom. The maximum atomic E-state index is 14.2. The molecule has 3 rings (SSSR count). The van der Waals surface area contributed by atoms with Gasteiger partial charge in [-0.15, -0.1) is 0 Å². The molecule has 0 atom stereocenters. The van der Waals surface area contributed by atoms with Gasteiger partial charge in [0, 0.05) is 5.39 Å². The van der Waals surface area contributed by atoms with Crippen molar-refractivity contribution in [2.24, 2.45) is 0 Å². The largest absolute Gasteiger partial charge is 0.494 e. The molecule has 0 aromatic heterocycles. The lowest BCUT2D eigenvalue weighted by Crippen LogP contribution is -1.89. The smallest absolute Gasteiger partial charge is 0.172 e. The number of methoxy groups -OCH3 is 1. The molecule has 3 aromatic carbocycles. The standard InChI is InChI=1S/C20H19FO/c1-3-4-14-5-7-15(8-6-14)16-9-11-18-17(13-16)10-12-19(22-2)20(18)21/h5-13H,3-4H2,1-2H3. The first-order valence-corrected chi connectivity index (χ1v) is 7.58. The first-order chi connectivity index (χ1) is 10.7. The summed E-state index contributed by atoms with van der Waals surface area (Å²) in [6, 6.07) is 18.0. The monoisotopic (exact) mass is 294 g/mol. The molecule has 1 nitrogen and oxygen atoms in total. The number of hydrogen-bond donors (Lipinski definition) is 0. The van der Waals surface area contributed by atoms with Crippen LogP contribution in [0.25, 0.3) is 21.9 Å². The summed E-state index contributed by atoms with van der Waals surface area (Å²) in [5.74, 6) is -0.0194. The maximum Gasteiger partial charge on any atom is 0.172 e. The van der Waals surface area contributed by atoms with Gasteiger partial charge in [0.15, 0.2) is 11.6 Å². The van der Waals surface area contributed by atoms with Crippen molar-refractivity contribution >= 4 is 10.8 Å². The number of benzene rings is 3. The van der Waals surface area contributed by atoms with Crippen LogP contribution < -0.4 is 4.74 Å². The number of halogens is 1. The summed E-state index contributed by atoms with van der Waals surface area (Å²) in [5, 5.41) is 1.47. The molecule has 0 amide bonds. The average molecular weight is 294 g/mol. The van der Waals surface area contributed by atoms with Crippen LogP contribution in [0.15, 0.2) is 54.6 Å². The van der Waals surface area contributed by atoms with Gasteiger partial charge in [-0.25, -0.2) is 4.39 Å². The van der Waals surface area contributed by atoms with E-state index in [0.29, 0.717) is 5.39 Å². The Bertz CT molecular complexity index is 791. The fourth-order valence-electron chi connectivity index (χ4n) is 2.76. The van der Waals surface area contributed by atoms with Gasteiger partial charge in [0.2, 0.25) is 0 Å². The van der Waals surface area contributed by atoms with Crippen LogP contribution in [0.3, 0.4) is 0 Å². The van der Waals surface area contributed by atoms with Gasteiger partial charge in [-0.3, -0.25) is 0 Å². The highest BCUT2D eigenvalue weighted by Crippen LogP contribution is 2.30. The van der Waals surface area contributed by atoms with E-state index >= 15 is 0 Å². The Balaban J connectivity index is 2.01. The van der Waals surface area contributed by atoms with Crippen molar-refractivity contribution in [1.29, 1.82) is 0 Å². The molecule has 0 aliphatic rings. The number of rotatable bonds is 4. The lowest BCUT2D eigenvalue weighted by atomic mass is 9.99. The van der Waals surface area contributed by atoms with Crippen molar-refractivity contribution in [3.63, 3.8) is 0 Å². The molecule has 0 spiro atoms. The number of ether oxygens (including phenoxy) is 1. The number of hydrogen-bond acceptors (Lipinski definition) is 1. The second-order valence-corrected chi connectivity index (χ2v) is 5.46. The van der Waals surface area contributed by atoms with E-state index in [1.54, 1.807) is 6.07 Å². The molecular weight excluding hydrogens is 275 g/mol. The van der Waals surface area contributed by atoms with E-state index in [1.165, 1.54) is 12.7 Å². The third-order valence-electron chi connectivity index (χ3n) is 3.96. The first-order valence-electron chi connectivity index (χ1n) is 7.58. The summed E-state index contributed by atoms with van der Waals surface area (Å²) in [7, 11) is 1.48. The summed E-state index contributed by atoms with van der Waals surface area (Å²) in [6.07, 6.45) is 2.25. The lowest BCUT2D eigenvalue weighted by Gasteiger charge is -2.08. The molecule has 0 bridgehead atoms. The zero-order chi connectivity index (χ0) is 15.5. The molecule has 3 aromatic rings. The van der Waals surface area contributed by atoms with E-state index in [1.807, 2.05) is 24.3 Å². The van der Waals surface area contributed by atoms with Gasteiger partial charge < -0.3 is 4.74 Å². The summed E-state index contributed by atoms with van der Waals surface area (Å²) in [4.78, 5) is 0. The van der Waals surface area contributed by atoms with Crippen LogP contribution in [0.2, 0.25) is 0 Å². The zero-order valence-corrected chi connectivity index (χ0v) is 12.9. The minimum atomic E-state index is -0.301. The predicted octanol–water partition coefficient (Wildman–Crippen LogP) is 5.61. The normalized spacial score (nSPS) is 10.9. The Morgan fingerprint density at radius 2 is 1.64 bits per heavy atom. The SMILES string of the molecule is CCCc1ccc(-c2ccc3c(F)c(OC)ccc3c2)cc1. The van der Waals surface area contributed by atoms with Crippen molar-refractivity contribution in [3.8, 4) is 16.9 Å². The number of fused-ring (bicyclic) bond motifs is 1. The van der Waals surface area contributed by atoms with Crippen LogP contribution in [0.5, 0.6) is 5.75 Å². The van der Waals surface area contributed by atoms with Gasteiger partial charge in [-0.1, -0.05) is 55.8 Å². The van der Waals surface area contributed by atoms with E-state index in [4.69, 9.17) is 4.74 Å². The van der Waals surface area contributed by atoms with Crippen LogP contribution in [-0.4, -0.2) is 7.11 Å². The highest BCUT2D eigenvalue weighted by atomic mass is 19.1. The summed E-state index contributed by atoms with van der Waals surface area (Å²) < 4.78 is 19.2. The third-order valence-corrected chi connectivity index (χ3v) is 3.96. The van der Waals surface area contributed by atoms with E-state index < -0.39 is 0 Å². The van der Waals surface area contributed by atoms with Gasteiger partial charge in [0.05, 0.1) is 7.11 Å². The third kappa shape index (κ3) is 2.69. The van der Waals surface area contributed by atoms with Crippen molar-refractivity contribution in [1.82, 2.24) is 0 Å². The van der Waals surface area contributed by atoms with Crippen molar-refractivity contribution < 1.29 is 9.13 Å². The second kappa shape index (κ2) is 6.18.